The number of methoxy groups -OCH3 is 1. The molecule has 0 amide bonds. The van der Waals surface area contributed by atoms with Crippen LogP contribution in [0.1, 0.15) is 6.42 Å². The molecule has 0 fully saturated rings. The van der Waals surface area contributed by atoms with Crippen molar-refractivity contribution in [3.8, 4) is 0 Å². The van der Waals surface area contributed by atoms with Crippen LogP contribution in [0.15, 0.2) is 0 Å². The zero-order valence-corrected chi connectivity index (χ0v) is 4.55. The summed E-state index contributed by atoms with van der Waals surface area (Å²) in [6.45, 7) is 0.865. The largest absolute Gasteiger partial charge is 0.396 e. The maximum Gasteiger partial charge on any atom is 0.0465 e. The van der Waals surface area contributed by atoms with Gasteiger partial charge in [-0.25, -0.2) is 0 Å². The standard InChI is InChI=1S/C5H11O2/c1-7-5-3-2-4-6/h2,6H,3-5H2,1H3. The van der Waals surface area contributed by atoms with Crippen LogP contribution in [0.5, 0.6) is 0 Å². The fraction of sp³-hybridized carbons (Fsp3) is 0.800. The summed E-state index contributed by atoms with van der Waals surface area (Å²) in [6.07, 6.45) is 2.61. The molecule has 0 spiro atoms. The average molecular weight is 103 g/mol. The zero-order valence-electron chi connectivity index (χ0n) is 4.55. The maximum atomic E-state index is 8.18. The van der Waals surface area contributed by atoms with Crippen molar-refractivity contribution in [1.82, 2.24) is 0 Å². The Labute approximate surface area is 44.1 Å². The Kier molecular flexibility index (Phi) is 5.85. The van der Waals surface area contributed by atoms with E-state index < -0.39 is 0 Å². The number of hydrogen-bond acceptors (Lipinski definition) is 2. The fourth-order valence-electron chi connectivity index (χ4n) is 0.292. The van der Waals surface area contributed by atoms with Crippen LogP contribution < -0.4 is 0 Å². The van der Waals surface area contributed by atoms with Crippen LogP contribution in [0.4, 0.5) is 0 Å². The molecule has 0 aromatic carbocycles. The summed E-state index contributed by atoms with van der Waals surface area (Å²) in [5.41, 5.74) is 0. The molecule has 1 radical (unpaired) electrons. The first-order chi connectivity index (χ1) is 3.41. The summed E-state index contributed by atoms with van der Waals surface area (Å²) < 4.78 is 4.70. The van der Waals surface area contributed by atoms with Gasteiger partial charge < -0.3 is 9.84 Å². The van der Waals surface area contributed by atoms with Crippen molar-refractivity contribution in [2.24, 2.45) is 0 Å². The van der Waals surface area contributed by atoms with E-state index in [1.807, 2.05) is 0 Å². The monoisotopic (exact) mass is 103 g/mol. The molecule has 7 heavy (non-hydrogen) atoms. The van der Waals surface area contributed by atoms with Crippen LogP contribution in [-0.2, 0) is 4.74 Å². The molecule has 0 unspecified atom stereocenters. The van der Waals surface area contributed by atoms with E-state index >= 15 is 0 Å². The van der Waals surface area contributed by atoms with E-state index in [0.29, 0.717) is 6.61 Å². The number of aliphatic hydroxyl groups excluding tert-OH is 1. The molecule has 2 heteroatoms. The number of aliphatic hydroxyl groups is 1. The summed E-state index contributed by atoms with van der Waals surface area (Å²) in [5, 5.41) is 8.18. The third-order valence-electron chi connectivity index (χ3n) is 0.655. The minimum Gasteiger partial charge on any atom is -0.396 e. The lowest BCUT2D eigenvalue weighted by Crippen LogP contribution is -1.90. The molecule has 1 N–H and O–H groups in total. The van der Waals surface area contributed by atoms with Gasteiger partial charge in [0.15, 0.2) is 0 Å². The first-order valence-electron chi connectivity index (χ1n) is 2.33. The van der Waals surface area contributed by atoms with Gasteiger partial charge in [-0.3, -0.25) is 0 Å². The molecule has 0 aromatic rings. The quantitative estimate of drug-likeness (QED) is 0.516. The Bertz CT molecular complexity index is 25.3. The highest BCUT2D eigenvalue weighted by Crippen LogP contribution is 1.82. The van der Waals surface area contributed by atoms with Crippen molar-refractivity contribution in [3.05, 3.63) is 6.42 Å². The van der Waals surface area contributed by atoms with Gasteiger partial charge in [0, 0.05) is 20.3 Å². The Hall–Kier alpha value is -0.0800. The highest BCUT2D eigenvalue weighted by Gasteiger charge is 1.81. The lowest BCUT2D eigenvalue weighted by molar-refractivity contribution is 0.196. The van der Waals surface area contributed by atoms with Gasteiger partial charge in [0.25, 0.3) is 0 Å². The second kappa shape index (κ2) is 5.92. The molecule has 0 aliphatic heterocycles. The molecule has 43 valence electrons. The van der Waals surface area contributed by atoms with Crippen molar-refractivity contribution < 1.29 is 9.84 Å². The smallest absolute Gasteiger partial charge is 0.0465 e. The van der Waals surface area contributed by atoms with Gasteiger partial charge in [-0.2, -0.15) is 0 Å². The van der Waals surface area contributed by atoms with Crippen LogP contribution in [0.3, 0.4) is 0 Å². The van der Waals surface area contributed by atoms with E-state index in [1.165, 1.54) is 0 Å². The normalized spacial score (nSPS) is 9.43. The van der Waals surface area contributed by atoms with E-state index in [2.05, 4.69) is 0 Å². The SMILES string of the molecule is COCC[CH]CO. The molecule has 0 aliphatic rings. The first-order valence-corrected chi connectivity index (χ1v) is 2.33. The lowest BCUT2D eigenvalue weighted by Gasteiger charge is -1.92. The molecule has 0 saturated heterocycles. The van der Waals surface area contributed by atoms with Gasteiger partial charge >= 0.3 is 0 Å². The first kappa shape index (κ1) is 6.92. The number of hydrogen-bond donors (Lipinski definition) is 1. The minimum atomic E-state index is 0.156. The second-order valence-corrected chi connectivity index (χ2v) is 1.25. The molecule has 0 rings (SSSR count). The molecule has 0 heterocycles. The van der Waals surface area contributed by atoms with Crippen molar-refractivity contribution in [3.63, 3.8) is 0 Å². The minimum absolute atomic E-state index is 0.156. The Morgan fingerprint density at radius 2 is 2.43 bits per heavy atom. The van der Waals surface area contributed by atoms with E-state index in [4.69, 9.17) is 9.84 Å². The predicted molar refractivity (Wildman–Crippen MR) is 27.9 cm³/mol. The summed E-state index contributed by atoms with van der Waals surface area (Å²) in [7, 11) is 1.64. The fourth-order valence-corrected chi connectivity index (χ4v) is 0.292. The molecule has 0 saturated carbocycles. The van der Waals surface area contributed by atoms with Crippen LogP contribution in [0, 0.1) is 6.42 Å². The molecule has 0 bridgehead atoms. The number of ether oxygens (including phenoxy) is 1. The van der Waals surface area contributed by atoms with Gasteiger partial charge in [0.1, 0.15) is 0 Å². The molecule has 0 aliphatic carbocycles. The molecule has 0 atom stereocenters. The van der Waals surface area contributed by atoms with Gasteiger partial charge in [-0.1, -0.05) is 0 Å². The van der Waals surface area contributed by atoms with E-state index in [9.17, 15) is 0 Å². The summed E-state index contributed by atoms with van der Waals surface area (Å²) in [4.78, 5) is 0. The Balaban J connectivity index is 2.45. The zero-order chi connectivity index (χ0) is 5.54. The van der Waals surface area contributed by atoms with E-state index in [0.717, 1.165) is 6.42 Å². The molecule has 0 aromatic heterocycles. The topological polar surface area (TPSA) is 29.5 Å². The van der Waals surface area contributed by atoms with Crippen LogP contribution in [0.2, 0.25) is 0 Å². The van der Waals surface area contributed by atoms with Crippen molar-refractivity contribution >= 4 is 0 Å². The van der Waals surface area contributed by atoms with Crippen molar-refractivity contribution in [2.75, 3.05) is 20.3 Å². The molecule has 2 nitrogen and oxygen atoms in total. The summed E-state index contributed by atoms with van der Waals surface area (Å²) >= 11 is 0. The third kappa shape index (κ3) is 5.92. The maximum absolute atomic E-state index is 8.18. The third-order valence-corrected chi connectivity index (χ3v) is 0.655. The highest BCUT2D eigenvalue weighted by molar-refractivity contribution is 4.59. The van der Waals surface area contributed by atoms with Crippen LogP contribution >= 0.6 is 0 Å². The van der Waals surface area contributed by atoms with E-state index in [1.54, 1.807) is 13.5 Å². The van der Waals surface area contributed by atoms with Crippen LogP contribution in [-0.4, -0.2) is 25.4 Å². The van der Waals surface area contributed by atoms with Crippen LogP contribution in [0.25, 0.3) is 0 Å². The predicted octanol–water partition coefficient (Wildman–Crippen LogP) is 0.219. The number of rotatable bonds is 4. The lowest BCUT2D eigenvalue weighted by atomic mass is 10.3. The Morgan fingerprint density at radius 3 is 2.86 bits per heavy atom. The highest BCUT2D eigenvalue weighted by atomic mass is 16.5. The van der Waals surface area contributed by atoms with Gasteiger partial charge in [0.2, 0.25) is 0 Å². The van der Waals surface area contributed by atoms with Crippen molar-refractivity contribution in [2.45, 2.75) is 6.42 Å². The summed E-state index contributed by atoms with van der Waals surface area (Å²) in [6, 6.07) is 0. The summed E-state index contributed by atoms with van der Waals surface area (Å²) in [5.74, 6) is 0. The molecular formula is C5H11O2. The van der Waals surface area contributed by atoms with E-state index in [-0.39, 0.29) is 6.61 Å². The Morgan fingerprint density at radius 1 is 1.71 bits per heavy atom. The molecular weight excluding hydrogens is 92.1 g/mol. The van der Waals surface area contributed by atoms with Gasteiger partial charge in [-0.15, -0.1) is 0 Å². The van der Waals surface area contributed by atoms with Crippen molar-refractivity contribution in [1.29, 1.82) is 0 Å². The van der Waals surface area contributed by atoms with Gasteiger partial charge in [0.05, 0.1) is 0 Å². The second-order valence-electron chi connectivity index (χ2n) is 1.25. The number of unbranched alkanes of at least 4 members (excludes halogenated alkanes) is 1. The average Bonchev–Trinajstić information content (AvgIpc) is 1.69. The van der Waals surface area contributed by atoms with Gasteiger partial charge in [-0.05, 0) is 12.8 Å².